The van der Waals surface area contributed by atoms with Gasteiger partial charge in [0.2, 0.25) is 0 Å². The summed E-state index contributed by atoms with van der Waals surface area (Å²) < 4.78 is 11.3. The predicted molar refractivity (Wildman–Crippen MR) is 113 cm³/mol. The fraction of sp³-hybridized carbons (Fsp3) is 0.409. The van der Waals surface area contributed by atoms with Gasteiger partial charge in [0.25, 0.3) is 5.91 Å². The van der Waals surface area contributed by atoms with Crippen LogP contribution < -0.4 is 21.0 Å². The van der Waals surface area contributed by atoms with Crippen molar-refractivity contribution in [3.05, 3.63) is 53.0 Å². The highest BCUT2D eigenvalue weighted by molar-refractivity contribution is 6.06. The number of fused-ring (bicyclic) bond motifs is 1. The second kappa shape index (κ2) is 9.13. The molecule has 8 heteroatoms. The van der Waals surface area contributed by atoms with Crippen LogP contribution in [-0.4, -0.2) is 29.7 Å². The Hall–Kier alpha value is -3.13. The van der Waals surface area contributed by atoms with Gasteiger partial charge in [0.05, 0.1) is 5.71 Å². The number of aryl methyl sites for hydroxylation is 1. The average molecular weight is 412 g/mol. The molecular formula is C22H28N4O4. The molecular weight excluding hydrogens is 384 g/mol. The predicted octanol–water partition coefficient (Wildman–Crippen LogP) is 2.86. The van der Waals surface area contributed by atoms with Gasteiger partial charge < -0.3 is 9.15 Å². The minimum absolute atomic E-state index is 0.135. The molecule has 0 radical (unpaired) electrons. The van der Waals surface area contributed by atoms with Crippen molar-refractivity contribution in [2.24, 2.45) is 5.10 Å². The van der Waals surface area contributed by atoms with Crippen molar-refractivity contribution in [2.45, 2.75) is 52.5 Å². The van der Waals surface area contributed by atoms with Crippen LogP contribution in [0, 0.1) is 6.92 Å². The summed E-state index contributed by atoms with van der Waals surface area (Å²) in [6, 6.07) is 9.11. The summed E-state index contributed by atoms with van der Waals surface area (Å²) in [4.78, 5) is 24.6. The molecule has 2 aromatic rings. The van der Waals surface area contributed by atoms with E-state index in [-0.39, 0.29) is 29.7 Å². The number of hydrazone groups is 1. The van der Waals surface area contributed by atoms with E-state index in [1.807, 2.05) is 45.9 Å². The van der Waals surface area contributed by atoms with Crippen molar-refractivity contribution < 1.29 is 18.7 Å². The average Bonchev–Trinajstić information content (AvgIpc) is 3.06. The summed E-state index contributed by atoms with van der Waals surface area (Å²) in [5.41, 5.74) is 10.1. The number of nitrogens with one attached hydrogen (secondary N) is 3. The van der Waals surface area contributed by atoms with Gasteiger partial charge in [-0.3, -0.25) is 15.0 Å². The summed E-state index contributed by atoms with van der Waals surface area (Å²) in [6.45, 7) is 7.53. The third-order valence-corrected chi connectivity index (χ3v) is 4.51. The normalized spacial score (nSPS) is 14.9. The molecule has 0 saturated heterocycles. The maximum atomic E-state index is 12.5. The Morgan fingerprint density at radius 3 is 2.60 bits per heavy atom. The summed E-state index contributed by atoms with van der Waals surface area (Å²) in [5, 5.41) is 4.29. The molecule has 3 rings (SSSR count). The van der Waals surface area contributed by atoms with E-state index in [0.717, 1.165) is 18.4 Å². The van der Waals surface area contributed by atoms with Crippen LogP contribution in [0.3, 0.4) is 0 Å². The Balaban J connectivity index is 1.68. The molecule has 30 heavy (non-hydrogen) atoms. The Labute approximate surface area is 176 Å². The molecule has 1 aromatic carbocycles. The maximum absolute atomic E-state index is 12.5. The van der Waals surface area contributed by atoms with Gasteiger partial charge in [0.1, 0.15) is 11.5 Å². The van der Waals surface area contributed by atoms with Crippen LogP contribution in [0.2, 0.25) is 0 Å². The molecule has 2 amide bonds. The highest BCUT2D eigenvalue weighted by Gasteiger charge is 2.28. The van der Waals surface area contributed by atoms with Crippen LogP contribution in [0.25, 0.3) is 0 Å². The number of furan rings is 1. The van der Waals surface area contributed by atoms with Gasteiger partial charge in [-0.2, -0.15) is 5.10 Å². The zero-order chi connectivity index (χ0) is 21.7. The second-order valence-corrected chi connectivity index (χ2v) is 8.23. The zero-order valence-corrected chi connectivity index (χ0v) is 17.8. The largest absolute Gasteiger partial charge is 0.484 e. The van der Waals surface area contributed by atoms with Crippen LogP contribution >= 0.6 is 0 Å². The van der Waals surface area contributed by atoms with Crippen molar-refractivity contribution in [3.8, 4) is 5.75 Å². The smallest absolute Gasteiger partial charge is 0.301 e. The molecule has 0 fully saturated rings. The lowest BCUT2D eigenvalue weighted by Crippen LogP contribution is -2.48. The monoisotopic (exact) mass is 412 g/mol. The number of carbonyl (C=O) groups is 2. The van der Waals surface area contributed by atoms with Crippen LogP contribution in [0.4, 0.5) is 0 Å². The van der Waals surface area contributed by atoms with Crippen LogP contribution in [-0.2, 0) is 11.2 Å². The first kappa shape index (κ1) is 21.6. The molecule has 8 nitrogen and oxygen atoms in total. The number of rotatable bonds is 6. The second-order valence-electron chi connectivity index (χ2n) is 8.23. The lowest BCUT2D eigenvalue weighted by atomic mass is 9.93. The van der Waals surface area contributed by atoms with Crippen molar-refractivity contribution in [2.75, 3.05) is 6.61 Å². The van der Waals surface area contributed by atoms with Crippen molar-refractivity contribution >= 4 is 17.5 Å². The highest BCUT2D eigenvalue weighted by atomic mass is 16.5. The minimum Gasteiger partial charge on any atom is -0.484 e. The molecule has 0 unspecified atom stereocenters. The first-order valence-electron chi connectivity index (χ1n) is 9.98. The molecule has 160 valence electrons. The van der Waals surface area contributed by atoms with Gasteiger partial charge in [-0.15, -0.1) is 0 Å². The molecule has 1 aliphatic carbocycles. The number of hydrogen-bond donors (Lipinski definition) is 3. The summed E-state index contributed by atoms with van der Waals surface area (Å²) >= 11 is 0. The van der Waals surface area contributed by atoms with Crippen molar-refractivity contribution in [3.63, 3.8) is 0 Å². The number of nitrogens with zero attached hydrogens (tertiary/aromatic N) is 1. The molecule has 0 aliphatic heterocycles. The number of benzene rings is 1. The number of amides is 2. The Morgan fingerprint density at radius 1 is 1.17 bits per heavy atom. The van der Waals surface area contributed by atoms with Gasteiger partial charge in [0, 0.05) is 23.1 Å². The van der Waals surface area contributed by atoms with Crippen LogP contribution in [0.5, 0.6) is 5.75 Å². The molecule has 1 aliphatic rings. The fourth-order valence-electron chi connectivity index (χ4n) is 3.13. The van der Waals surface area contributed by atoms with Gasteiger partial charge in [-0.05, 0) is 52.7 Å². The highest BCUT2D eigenvalue weighted by Crippen LogP contribution is 2.29. The van der Waals surface area contributed by atoms with E-state index in [0.29, 0.717) is 29.2 Å². The first-order chi connectivity index (χ1) is 14.2. The molecule has 0 atom stereocenters. The zero-order valence-electron chi connectivity index (χ0n) is 17.8. The number of para-hydroxylation sites is 1. The minimum atomic E-state index is -0.355. The lowest BCUT2D eigenvalue weighted by molar-refractivity contribution is -0.123. The van der Waals surface area contributed by atoms with Gasteiger partial charge in [-0.1, -0.05) is 18.2 Å². The topological polar surface area (TPSA) is 105 Å². The Kier molecular flexibility index (Phi) is 6.56. The number of hydrogen-bond acceptors (Lipinski definition) is 6. The summed E-state index contributed by atoms with van der Waals surface area (Å²) in [5.74, 6) is 0.896. The van der Waals surface area contributed by atoms with Gasteiger partial charge in [0.15, 0.2) is 12.4 Å². The van der Waals surface area contributed by atoms with E-state index >= 15 is 0 Å². The summed E-state index contributed by atoms with van der Waals surface area (Å²) in [7, 11) is 0. The van der Waals surface area contributed by atoms with E-state index < -0.39 is 0 Å². The summed E-state index contributed by atoms with van der Waals surface area (Å²) in [6.07, 6.45) is 2.24. The molecule has 1 heterocycles. The molecule has 1 aromatic heterocycles. The van der Waals surface area contributed by atoms with Gasteiger partial charge >= 0.3 is 5.91 Å². The fourth-order valence-corrected chi connectivity index (χ4v) is 3.13. The van der Waals surface area contributed by atoms with E-state index in [4.69, 9.17) is 9.15 Å². The third kappa shape index (κ3) is 5.48. The molecule has 0 saturated carbocycles. The van der Waals surface area contributed by atoms with E-state index in [9.17, 15) is 9.59 Å². The first-order valence-corrected chi connectivity index (χ1v) is 9.98. The number of carbonyl (C=O) groups excluding carboxylic acids is 2. The maximum Gasteiger partial charge on any atom is 0.301 e. The lowest BCUT2D eigenvalue weighted by Gasteiger charge is -2.20. The van der Waals surface area contributed by atoms with Crippen LogP contribution in [0.15, 0.2) is 39.9 Å². The molecule has 0 spiro atoms. The number of hydrazine groups is 1. The van der Waals surface area contributed by atoms with E-state index in [1.54, 1.807) is 12.1 Å². The third-order valence-electron chi connectivity index (χ3n) is 4.51. The van der Waals surface area contributed by atoms with E-state index in [2.05, 4.69) is 21.4 Å². The van der Waals surface area contributed by atoms with Gasteiger partial charge in [-0.25, -0.2) is 10.9 Å². The standard InChI is InChI=1S/C22H28N4O4/c1-14-19-16(23-24-18(27)13-29-15-9-6-5-7-10-15)11-8-12-17(19)30-20(14)21(28)25-26-22(2,3)4/h5-7,9-10,26H,8,11-13H2,1-4H3,(H,24,27)(H,25,28)/b23-16+. The quantitative estimate of drug-likeness (QED) is 0.633. The molecule has 0 bridgehead atoms. The Morgan fingerprint density at radius 2 is 1.90 bits per heavy atom. The van der Waals surface area contributed by atoms with Crippen molar-refractivity contribution in [1.82, 2.24) is 16.3 Å². The Bertz CT molecular complexity index is 942. The molecule has 3 N–H and O–H groups in total. The van der Waals surface area contributed by atoms with E-state index in [1.165, 1.54) is 0 Å². The van der Waals surface area contributed by atoms with Crippen LogP contribution in [0.1, 0.15) is 61.1 Å². The SMILES string of the molecule is Cc1c(C(=O)NNC(C)(C)C)oc2c1/C(=N/NC(=O)COc1ccccc1)CCC2. The number of ether oxygens (including phenoxy) is 1. The van der Waals surface area contributed by atoms with Crippen molar-refractivity contribution in [1.29, 1.82) is 0 Å².